The van der Waals surface area contributed by atoms with E-state index in [1.54, 1.807) is 34.6 Å². The van der Waals surface area contributed by atoms with Gasteiger partial charge in [-0.25, -0.2) is 4.98 Å². The van der Waals surface area contributed by atoms with Crippen LogP contribution in [0.5, 0.6) is 0 Å². The van der Waals surface area contributed by atoms with Crippen molar-refractivity contribution in [2.24, 2.45) is 0 Å². The summed E-state index contributed by atoms with van der Waals surface area (Å²) in [6.45, 7) is 0.694. The minimum absolute atomic E-state index is 0.110. The van der Waals surface area contributed by atoms with Crippen molar-refractivity contribution in [1.29, 1.82) is 0 Å². The fourth-order valence-electron chi connectivity index (χ4n) is 1.68. The number of thiazole rings is 1. The van der Waals surface area contributed by atoms with Gasteiger partial charge >= 0.3 is 0 Å². The summed E-state index contributed by atoms with van der Waals surface area (Å²) in [6.07, 6.45) is 3.00. The van der Waals surface area contributed by atoms with E-state index >= 15 is 0 Å². The fraction of sp³-hybridized carbons (Fsp3) is 0.286. The molecule has 0 spiro atoms. The van der Waals surface area contributed by atoms with E-state index < -0.39 is 0 Å². The first-order valence-electron chi connectivity index (χ1n) is 6.02. The van der Waals surface area contributed by atoms with Crippen LogP contribution in [0.2, 0.25) is 5.02 Å². The summed E-state index contributed by atoms with van der Waals surface area (Å²) in [5.74, 6) is 0.110. The largest absolute Gasteiger partial charge is 0.345 e. The Kier molecular flexibility index (Phi) is 4.93. The van der Waals surface area contributed by atoms with Gasteiger partial charge in [0, 0.05) is 36.6 Å². The van der Waals surface area contributed by atoms with Crippen molar-refractivity contribution in [3.8, 4) is 0 Å². The molecule has 0 radical (unpaired) electrons. The van der Waals surface area contributed by atoms with Crippen molar-refractivity contribution >= 4 is 28.8 Å². The van der Waals surface area contributed by atoms with Crippen molar-refractivity contribution in [2.45, 2.75) is 12.8 Å². The van der Waals surface area contributed by atoms with Gasteiger partial charge in [-0.3, -0.25) is 4.79 Å². The molecular formula is C14H15ClN2OS. The quantitative estimate of drug-likeness (QED) is 0.849. The maximum atomic E-state index is 12.0. The third-order valence-electron chi connectivity index (χ3n) is 2.84. The first-order chi connectivity index (χ1) is 9.15. The maximum absolute atomic E-state index is 12.0. The van der Waals surface area contributed by atoms with Crippen LogP contribution in [0.1, 0.15) is 10.6 Å². The SMILES string of the molecule is CN(CCc1nccs1)C(=O)Cc1ccc(Cl)cc1. The van der Waals surface area contributed by atoms with E-state index in [0.29, 0.717) is 18.0 Å². The predicted octanol–water partition coefficient (Wildman–Crippen LogP) is 3.04. The summed E-state index contributed by atoms with van der Waals surface area (Å²) >= 11 is 7.43. The Hall–Kier alpha value is -1.39. The monoisotopic (exact) mass is 294 g/mol. The Balaban J connectivity index is 1.83. The van der Waals surface area contributed by atoms with E-state index in [-0.39, 0.29) is 5.91 Å². The summed E-state index contributed by atoms with van der Waals surface area (Å²) in [5, 5.41) is 3.70. The van der Waals surface area contributed by atoms with E-state index in [1.807, 2.05) is 24.6 Å². The molecule has 0 fully saturated rings. The molecule has 100 valence electrons. The molecule has 0 aliphatic carbocycles. The van der Waals surface area contributed by atoms with E-state index in [9.17, 15) is 4.79 Å². The smallest absolute Gasteiger partial charge is 0.226 e. The molecule has 1 amide bonds. The molecule has 0 saturated heterocycles. The standard InChI is InChI=1S/C14H15ClN2OS/c1-17(8-6-13-16-7-9-19-13)14(18)10-11-2-4-12(15)5-3-11/h2-5,7,9H,6,8,10H2,1H3. The summed E-state index contributed by atoms with van der Waals surface area (Å²) in [6, 6.07) is 7.38. The number of carbonyl (C=O) groups excluding carboxylic acids is 1. The van der Waals surface area contributed by atoms with Crippen LogP contribution in [0.25, 0.3) is 0 Å². The molecule has 0 N–H and O–H groups in total. The highest BCUT2D eigenvalue weighted by atomic mass is 35.5. The topological polar surface area (TPSA) is 33.2 Å². The van der Waals surface area contributed by atoms with Crippen molar-refractivity contribution < 1.29 is 4.79 Å². The van der Waals surface area contributed by atoms with Crippen LogP contribution in [0.4, 0.5) is 0 Å². The van der Waals surface area contributed by atoms with Crippen LogP contribution in [-0.2, 0) is 17.6 Å². The molecule has 0 aliphatic rings. The first-order valence-corrected chi connectivity index (χ1v) is 7.27. The lowest BCUT2D eigenvalue weighted by Gasteiger charge is -2.16. The van der Waals surface area contributed by atoms with Crippen LogP contribution >= 0.6 is 22.9 Å². The number of hydrogen-bond acceptors (Lipinski definition) is 3. The minimum Gasteiger partial charge on any atom is -0.345 e. The van der Waals surface area contributed by atoms with Crippen molar-refractivity contribution in [3.63, 3.8) is 0 Å². The number of nitrogens with zero attached hydrogens (tertiary/aromatic N) is 2. The van der Waals surface area contributed by atoms with Crippen LogP contribution in [0.15, 0.2) is 35.8 Å². The highest BCUT2D eigenvalue weighted by Crippen LogP contribution is 2.11. The highest BCUT2D eigenvalue weighted by Gasteiger charge is 2.10. The molecule has 0 saturated carbocycles. The third kappa shape index (κ3) is 4.33. The molecule has 0 atom stereocenters. The second kappa shape index (κ2) is 6.68. The normalized spacial score (nSPS) is 10.4. The minimum atomic E-state index is 0.110. The summed E-state index contributed by atoms with van der Waals surface area (Å²) in [7, 11) is 1.83. The molecule has 2 rings (SSSR count). The Bertz CT molecular complexity index is 525. The molecule has 1 aromatic heterocycles. The number of benzene rings is 1. The Morgan fingerprint density at radius 3 is 2.74 bits per heavy atom. The van der Waals surface area contributed by atoms with Gasteiger partial charge in [-0.05, 0) is 17.7 Å². The number of rotatable bonds is 5. The van der Waals surface area contributed by atoms with Gasteiger partial charge in [-0.2, -0.15) is 0 Å². The summed E-state index contributed by atoms with van der Waals surface area (Å²) < 4.78 is 0. The second-order valence-corrected chi connectivity index (χ2v) is 5.71. The van der Waals surface area contributed by atoms with Gasteiger partial charge in [-0.1, -0.05) is 23.7 Å². The van der Waals surface area contributed by atoms with Gasteiger partial charge in [0.05, 0.1) is 11.4 Å². The van der Waals surface area contributed by atoms with Gasteiger partial charge in [-0.15, -0.1) is 11.3 Å². The van der Waals surface area contributed by atoms with Gasteiger partial charge in [0.1, 0.15) is 0 Å². The van der Waals surface area contributed by atoms with Gasteiger partial charge < -0.3 is 4.90 Å². The molecule has 5 heteroatoms. The molecule has 3 nitrogen and oxygen atoms in total. The molecule has 1 heterocycles. The second-order valence-electron chi connectivity index (χ2n) is 4.29. The third-order valence-corrected chi connectivity index (χ3v) is 3.93. The fourth-order valence-corrected chi connectivity index (χ4v) is 2.41. The number of carbonyl (C=O) groups is 1. The Morgan fingerprint density at radius 1 is 1.37 bits per heavy atom. The molecule has 0 bridgehead atoms. The predicted molar refractivity (Wildman–Crippen MR) is 78.6 cm³/mol. The zero-order chi connectivity index (χ0) is 13.7. The average molecular weight is 295 g/mol. The number of amides is 1. The van der Waals surface area contributed by atoms with Crippen molar-refractivity contribution in [3.05, 3.63) is 51.4 Å². The van der Waals surface area contributed by atoms with Crippen molar-refractivity contribution in [1.82, 2.24) is 9.88 Å². The average Bonchev–Trinajstić information content (AvgIpc) is 2.91. The van der Waals surface area contributed by atoms with E-state index in [1.165, 1.54) is 0 Å². The molecule has 0 aliphatic heterocycles. The van der Waals surface area contributed by atoms with Crippen molar-refractivity contribution in [2.75, 3.05) is 13.6 Å². The van der Waals surface area contributed by atoms with Crippen LogP contribution in [0.3, 0.4) is 0 Å². The lowest BCUT2D eigenvalue weighted by molar-refractivity contribution is -0.129. The van der Waals surface area contributed by atoms with E-state index in [4.69, 9.17) is 11.6 Å². The Labute approximate surface area is 121 Å². The molecule has 2 aromatic rings. The number of likely N-dealkylation sites (N-methyl/N-ethyl adjacent to an activating group) is 1. The molecule has 19 heavy (non-hydrogen) atoms. The van der Waals surface area contributed by atoms with E-state index in [0.717, 1.165) is 17.0 Å². The van der Waals surface area contributed by atoms with Crippen LogP contribution in [-0.4, -0.2) is 29.4 Å². The molecular weight excluding hydrogens is 280 g/mol. The first kappa shape index (κ1) is 14.0. The van der Waals surface area contributed by atoms with Crippen LogP contribution in [0, 0.1) is 0 Å². The lowest BCUT2D eigenvalue weighted by atomic mass is 10.1. The summed E-state index contributed by atoms with van der Waals surface area (Å²) in [5.41, 5.74) is 0.982. The molecule has 1 aromatic carbocycles. The zero-order valence-electron chi connectivity index (χ0n) is 10.7. The van der Waals surface area contributed by atoms with E-state index in [2.05, 4.69) is 4.98 Å². The zero-order valence-corrected chi connectivity index (χ0v) is 12.2. The van der Waals surface area contributed by atoms with Crippen LogP contribution < -0.4 is 0 Å². The number of halogens is 1. The highest BCUT2D eigenvalue weighted by molar-refractivity contribution is 7.09. The molecule has 0 unspecified atom stereocenters. The summed E-state index contributed by atoms with van der Waals surface area (Å²) in [4.78, 5) is 18.0. The maximum Gasteiger partial charge on any atom is 0.226 e. The van der Waals surface area contributed by atoms with Gasteiger partial charge in [0.15, 0.2) is 0 Å². The van der Waals surface area contributed by atoms with Gasteiger partial charge in [0.2, 0.25) is 5.91 Å². The van der Waals surface area contributed by atoms with Gasteiger partial charge in [0.25, 0.3) is 0 Å². The number of aromatic nitrogens is 1. The number of hydrogen-bond donors (Lipinski definition) is 0. The Morgan fingerprint density at radius 2 is 2.11 bits per heavy atom. The lowest BCUT2D eigenvalue weighted by Crippen LogP contribution is -2.30.